The van der Waals surface area contributed by atoms with Crippen molar-refractivity contribution in [3.8, 4) is 95.4 Å². The number of hydrogen-bond donors (Lipinski definition) is 0. The molecule has 0 saturated heterocycles. The number of ether oxygens (including phenoxy) is 8. The average Bonchev–Trinajstić information content (AvgIpc) is 3.32. The Morgan fingerprint density at radius 3 is 0.672 bits per heavy atom. The van der Waals surface area contributed by atoms with E-state index in [9.17, 15) is 0 Å². The molecule has 4 aromatic carbocycles. The Labute approximate surface area is 382 Å². The van der Waals surface area contributed by atoms with E-state index in [2.05, 4.69) is 75.6 Å². The van der Waals surface area contributed by atoms with Gasteiger partial charge in [-0.05, 0) is 49.9 Å². The molecule has 336 valence electrons. The van der Waals surface area contributed by atoms with Crippen LogP contribution in [-0.4, -0.2) is 54.9 Å². The van der Waals surface area contributed by atoms with Crippen LogP contribution in [0.3, 0.4) is 0 Å². The van der Waals surface area contributed by atoms with E-state index in [1.54, 1.807) is 28.4 Å². The topological polar surface area (TPSA) is 73.8 Å². The number of terminal acetylenes is 4. The first-order valence-corrected chi connectivity index (χ1v) is 22.4. The molecule has 8 bridgehead atoms. The molecule has 1 aliphatic rings. The van der Waals surface area contributed by atoms with Crippen molar-refractivity contribution in [1.82, 2.24) is 0 Å². The van der Waals surface area contributed by atoms with Gasteiger partial charge in [-0.1, -0.05) is 77.1 Å². The third-order valence-corrected chi connectivity index (χ3v) is 12.0. The quantitative estimate of drug-likeness (QED) is 0.0814. The highest BCUT2D eigenvalue weighted by atomic mass is 16.5. The molecule has 0 aromatic heterocycles. The number of fused-ring (bicyclic) bond motifs is 8. The first-order chi connectivity index (χ1) is 31.2. The van der Waals surface area contributed by atoms with E-state index in [4.69, 9.17) is 63.6 Å². The second-order valence-electron chi connectivity index (χ2n) is 15.9. The molecule has 64 heavy (non-hydrogen) atoms. The van der Waals surface area contributed by atoms with Crippen molar-refractivity contribution in [2.75, 3.05) is 54.9 Å². The molecule has 8 heteroatoms. The summed E-state index contributed by atoms with van der Waals surface area (Å²) in [5.41, 5.74) is 7.68. The zero-order chi connectivity index (χ0) is 46.2. The Balaban J connectivity index is 2.11. The molecule has 0 N–H and O–H groups in total. The van der Waals surface area contributed by atoms with Crippen molar-refractivity contribution in [3.63, 3.8) is 0 Å². The lowest BCUT2D eigenvalue weighted by atomic mass is 9.76. The van der Waals surface area contributed by atoms with Crippen LogP contribution in [0.2, 0.25) is 0 Å². The van der Waals surface area contributed by atoms with E-state index < -0.39 is 0 Å². The lowest BCUT2D eigenvalue weighted by Crippen LogP contribution is -2.15. The summed E-state index contributed by atoms with van der Waals surface area (Å²) in [6.07, 6.45) is 29.8. The van der Waals surface area contributed by atoms with E-state index in [0.717, 1.165) is 95.9 Å². The summed E-state index contributed by atoms with van der Waals surface area (Å²) in [4.78, 5) is 0. The van der Waals surface area contributed by atoms with Gasteiger partial charge in [0.1, 0.15) is 72.4 Å². The normalized spacial score (nSPS) is 16.2. The van der Waals surface area contributed by atoms with E-state index in [-0.39, 0.29) is 50.1 Å². The first kappa shape index (κ1) is 48.6. The molecule has 5 rings (SSSR count). The Bertz CT molecular complexity index is 2220. The summed E-state index contributed by atoms with van der Waals surface area (Å²) in [7, 11) is 6.75. The van der Waals surface area contributed by atoms with Crippen molar-refractivity contribution in [3.05, 3.63) is 93.0 Å². The summed E-state index contributed by atoms with van der Waals surface area (Å²) >= 11 is 0. The molecule has 0 fully saturated rings. The molecule has 0 radical (unpaired) electrons. The van der Waals surface area contributed by atoms with E-state index >= 15 is 0 Å². The van der Waals surface area contributed by atoms with Gasteiger partial charge in [0.25, 0.3) is 0 Å². The molecule has 0 spiro atoms. The average molecular weight is 865 g/mol. The monoisotopic (exact) mass is 864 g/mol. The summed E-state index contributed by atoms with van der Waals surface area (Å²) < 4.78 is 50.9. The van der Waals surface area contributed by atoms with E-state index in [1.807, 2.05) is 24.3 Å². The second-order valence-corrected chi connectivity index (χ2v) is 15.9. The number of hydrogen-bond acceptors (Lipinski definition) is 8. The van der Waals surface area contributed by atoms with Crippen LogP contribution in [0.1, 0.15) is 147 Å². The fourth-order valence-corrected chi connectivity index (χ4v) is 9.31. The van der Waals surface area contributed by atoms with Gasteiger partial charge in [0, 0.05) is 92.4 Å². The maximum absolute atomic E-state index is 6.46. The first-order valence-electron chi connectivity index (χ1n) is 22.4. The molecule has 0 saturated carbocycles. The van der Waals surface area contributed by atoms with Crippen LogP contribution in [0.4, 0.5) is 0 Å². The van der Waals surface area contributed by atoms with Crippen LogP contribution in [0.15, 0.2) is 48.5 Å². The molecular weight excluding hydrogens is 801 g/mol. The maximum Gasteiger partial charge on any atom is 0.148 e. The molecule has 1 aliphatic carbocycles. The Morgan fingerprint density at radius 1 is 0.328 bits per heavy atom. The van der Waals surface area contributed by atoms with Crippen molar-refractivity contribution in [2.24, 2.45) is 0 Å². The van der Waals surface area contributed by atoms with Crippen LogP contribution in [0, 0.1) is 49.4 Å². The van der Waals surface area contributed by atoms with Crippen LogP contribution < -0.4 is 37.9 Å². The van der Waals surface area contributed by atoms with Crippen LogP contribution in [0.5, 0.6) is 46.0 Å². The van der Waals surface area contributed by atoms with Gasteiger partial charge >= 0.3 is 0 Å². The molecule has 4 aromatic rings. The Morgan fingerprint density at radius 2 is 0.516 bits per heavy atom. The fraction of sp³-hybridized carbons (Fsp3) is 0.429. The van der Waals surface area contributed by atoms with Gasteiger partial charge in [-0.2, -0.15) is 0 Å². The van der Waals surface area contributed by atoms with Gasteiger partial charge in [0.15, 0.2) is 0 Å². The summed E-state index contributed by atoms with van der Waals surface area (Å²) in [6.45, 7) is 8.98. The summed E-state index contributed by atoms with van der Waals surface area (Å²) in [6, 6.07) is 16.8. The zero-order valence-corrected chi connectivity index (χ0v) is 39.0. The summed E-state index contributed by atoms with van der Waals surface area (Å²) in [5, 5.41) is 0. The van der Waals surface area contributed by atoms with Gasteiger partial charge in [-0.3, -0.25) is 0 Å². The number of benzene rings is 4. The van der Waals surface area contributed by atoms with Gasteiger partial charge in [0.2, 0.25) is 0 Å². The van der Waals surface area contributed by atoms with E-state index in [1.165, 1.54) is 0 Å². The minimum absolute atomic E-state index is 0.0601. The fourth-order valence-electron chi connectivity index (χ4n) is 9.31. The second kappa shape index (κ2) is 23.8. The number of rotatable bonds is 20. The van der Waals surface area contributed by atoms with Crippen molar-refractivity contribution in [1.29, 1.82) is 0 Å². The van der Waals surface area contributed by atoms with Crippen LogP contribution >= 0.6 is 0 Å². The molecule has 0 aliphatic heterocycles. The third kappa shape index (κ3) is 10.5. The van der Waals surface area contributed by atoms with Gasteiger partial charge < -0.3 is 37.9 Å². The van der Waals surface area contributed by atoms with Gasteiger partial charge in [-0.25, -0.2) is 0 Å². The van der Waals surface area contributed by atoms with Gasteiger partial charge in [0.05, 0.1) is 28.4 Å². The molecule has 0 amide bonds. The predicted molar refractivity (Wildman–Crippen MR) is 256 cm³/mol. The van der Waals surface area contributed by atoms with Crippen LogP contribution in [0.25, 0.3) is 0 Å². The highest BCUT2D eigenvalue weighted by molar-refractivity contribution is 5.63. The highest BCUT2D eigenvalue weighted by Gasteiger charge is 2.34. The summed E-state index contributed by atoms with van der Waals surface area (Å²) in [5.74, 6) is 15.0. The molecule has 8 nitrogen and oxygen atoms in total. The highest BCUT2D eigenvalue weighted by Crippen LogP contribution is 2.53. The lowest BCUT2D eigenvalue weighted by Gasteiger charge is -2.31. The Hall–Kier alpha value is -6.48. The molecule has 0 heterocycles. The van der Waals surface area contributed by atoms with Gasteiger partial charge in [-0.15, -0.1) is 25.7 Å². The minimum atomic E-state index is -0.251. The van der Waals surface area contributed by atoms with Crippen molar-refractivity contribution < 1.29 is 37.9 Å². The van der Waals surface area contributed by atoms with Crippen LogP contribution in [-0.2, 0) is 0 Å². The van der Waals surface area contributed by atoms with Crippen molar-refractivity contribution in [2.45, 2.75) is 103 Å². The molecule has 2 atom stereocenters. The molecule has 0 unspecified atom stereocenters. The van der Waals surface area contributed by atoms with E-state index in [0.29, 0.717) is 46.0 Å². The smallest absolute Gasteiger partial charge is 0.148 e. The number of methoxy groups -OCH3 is 4. The lowest BCUT2D eigenvalue weighted by molar-refractivity contribution is 0.346. The Kier molecular flexibility index (Phi) is 18.1. The maximum atomic E-state index is 6.46. The van der Waals surface area contributed by atoms with Crippen molar-refractivity contribution >= 4 is 0 Å². The predicted octanol–water partition coefficient (Wildman–Crippen LogP) is 11.8. The SMILES string of the molecule is C#CCOc1cc(OC)c2cc1C(CCC)c1cc(c(OC)cc1OCC#C)[C@H](CCC)c1cc(c(OC)cc1OCC#C)C(CCC)c1cc(c(OCC#C)cc1OC)[C@H]2CCC. The zero-order valence-electron chi connectivity index (χ0n) is 39.0. The minimum Gasteiger partial charge on any atom is -0.496 e. The molecular formula is C56H64O8. The largest absolute Gasteiger partial charge is 0.496 e. The third-order valence-electron chi connectivity index (χ3n) is 12.0. The standard InChI is InChI=1S/C56H64O8/c1-13-21-37-41-29-45(53(61-25-17-5)33-49(41)57-9)38(22-14-2)43-31-47(55(63-27-19-7)35-51(43)59-11)40(24-16-4)48-32-44(52(60-12)36-56(48)64-28-20-8)39(23-15-3)46-30-42(37)50(58-10)34-54(46)62-26-18-6/h5-8,29-40H,13-16,21-28H2,1-4,9-12H3/t37?,38-,39-,40?/m0/s1.